The summed E-state index contributed by atoms with van der Waals surface area (Å²) in [5.41, 5.74) is 1.40. The third-order valence-corrected chi connectivity index (χ3v) is 4.57. The molecule has 0 unspecified atom stereocenters. The van der Waals surface area contributed by atoms with Gasteiger partial charge in [0.05, 0.1) is 22.6 Å². The lowest BCUT2D eigenvalue weighted by Gasteiger charge is -2.10. The van der Waals surface area contributed by atoms with Gasteiger partial charge in [-0.15, -0.1) is 0 Å². The number of fused-ring (bicyclic) bond motifs is 1. The van der Waals surface area contributed by atoms with Gasteiger partial charge in [0.2, 0.25) is 0 Å². The molecule has 0 bridgehead atoms. The fourth-order valence-corrected chi connectivity index (χ4v) is 3.48. The minimum absolute atomic E-state index is 0.0937. The highest BCUT2D eigenvalue weighted by Crippen LogP contribution is 2.28. The highest BCUT2D eigenvalue weighted by molar-refractivity contribution is 9.11. The van der Waals surface area contributed by atoms with Gasteiger partial charge in [0.25, 0.3) is 5.91 Å². The Morgan fingerprint density at radius 3 is 2.80 bits per heavy atom. The molecule has 0 atom stereocenters. The Hall–Kier alpha value is -1.93. The molecule has 25 heavy (non-hydrogen) atoms. The molecule has 0 aliphatic rings. The lowest BCUT2D eigenvalue weighted by molar-refractivity contribution is -0.118. The molecule has 1 aromatic carbocycles. The number of aromatic nitrogens is 3. The topological polar surface area (TPSA) is 69.0 Å². The molecule has 0 saturated heterocycles. The molecule has 1 N–H and O–H groups in total. The van der Waals surface area contributed by atoms with E-state index in [-0.39, 0.29) is 18.6 Å². The Morgan fingerprint density at radius 2 is 2.08 bits per heavy atom. The average molecular weight is 468 g/mol. The number of nitrogens with zero attached hydrogens (tertiary/aromatic N) is 3. The molecule has 0 fully saturated rings. The third-order valence-electron chi connectivity index (χ3n) is 3.46. The zero-order valence-electron chi connectivity index (χ0n) is 13.7. The second-order valence-electron chi connectivity index (χ2n) is 5.73. The van der Waals surface area contributed by atoms with Gasteiger partial charge >= 0.3 is 0 Å². The molecular weight excluding hydrogens is 452 g/mol. The summed E-state index contributed by atoms with van der Waals surface area (Å²) in [5.74, 6) is 0.345. The van der Waals surface area contributed by atoms with Crippen LogP contribution in [0, 0.1) is 0 Å². The molecule has 8 heteroatoms. The number of carbonyl (C=O) groups is 1. The lowest BCUT2D eigenvalue weighted by Crippen LogP contribution is -2.20. The summed E-state index contributed by atoms with van der Waals surface area (Å²) in [7, 11) is 0. The van der Waals surface area contributed by atoms with Crippen LogP contribution in [0.3, 0.4) is 0 Å². The number of rotatable bonds is 5. The van der Waals surface area contributed by atoms with Crippen molar-refractivity contribution in [3.8, 4) is 5.75 Å². The van der Waals surface area contributed by atoms with Gasteiger partial charge in [-0.2, -0.15) is 5.10 Å². The van der Waals surface area contributed by atoms with Gasteiger partial charge in [-0.3, -0.25) is 4.79 Å². The van der Waals surface area contributed by atoms with E-state index in [4.69, 9.17) is 4.74 Å². The molecule has 0 aliphatic heterocycles. The first kappa shape index (κ1) is 17.9. The highest BCUT2D eigenvalue weighted by Gasteiger charge is 2.10. The SMILES string of the molecule is CC(C)n1ncc2cc(NC(=O)COc3ccc(Br)cc3Br)cnc21. The van der Waals surface area contributed by atoms with Crippen molar-refractivity contribution in [3.05, 3.63) is 45.6 Å². The van der Waals surface area contributed by atoms with Crippen molar-refractivity contribution >= 4 is 54.5 Å². The molecule has 3 rings (SSSR count). The Bertz CT molecular complexity index is 924. The first-order chi connectivity index (χ1) is 11.9. The summed E-state index contributed by atoms with van der Waals surface area (Å²) >= 11 is 6.77. The summed E-state index contributed by atoms with van der Waals surface area (Å²) in [6.45, 7) is 3.99. The molecule has 2 heterocycles. The molecule has 6 nitrogen and oxygen atoms in total. The number of hydrogen-bond acceptors (Lipinski definition) is 4. The fourth-order valence-electron chi connectivity index (χ4n) is 2.32. The molecular formula is C17H16Br2N4O2. The monoisotopic (exact) mass is 466 g/mol. The Kier molecular flexibility index (Phi) is 5.39. The largest absolute Gasteiger partial charge is 0.483 e. The number of nitrogens with one attached hydrogen (secondary N) is 1. The van der Waals surface area contributed by atoms with E-state index in [0.29, 0.717) is 11.4 Å². The second kappa shape index (κ2) is 7.53. The summed E-state index contributed by atoms with van der Waals surface area (Å²) in [6.07, 6.45) is 3.36. The standard InChI is InChI=1S/C17H16Br2N4O2/c1-10(2)23-17-11(7-21-23)5-13(8-20-17)22-16(24)9-25-15-4-3-12(18)6-14(15)19/h3-8,10H,9H2,1-2H3,(H,22,24). The minimum Gasteiger partial charge on any atom is -0.483 e. The maximum absolute atomic E-state index is 12.1. The third kappa shape index (κ3) is 4.19. The number of ether oxygens (including phenoxy) is 1. The quantitative estimate of drug-likeness (QED) is 0.597. The predicted octanol–water partition coefficient (Wildman–Crippen LogP) is 4.55. The van der Waals surface area contributed by atoms with Crippen molar-refractivity contribution in [2.24, 2.45) is 0 Å². The van der Waals surface area contributed by atoms with Crippen LogP contribution in [0.5, 0.6) is 5.75 Å². The minimum atomic E-state index is -0.257. The summed E-state index contributed by atoms with van der Waals surface area (Å²) in [5, 5.41) is 7.98. The van der Waals surface area contributed by atoms with E-state index in [0.717, 1.165) is 20.0 Å². The fraction of sp³-hybridized carbons (Fsp3) is 0.235. The Balaban J connectivity index is 1.65. The molecule has 0 spiro atoms. The van der Waals surface area contributed by atoms with Crippen molar-refractivity contribution < 1.29 is 9.53 Å². The van der Waals surface area contributed by atoms with E-state index in [2.05, 4.69) is 47.3 Å². The van der Waals surface area contributed by atoms with Crippen molar-refractivity contribution in [1.29, 1.82) is 0 Å². The Labute approximate surface area is 161 Å². The van der Waals surface area contributed by atoms with Gasteiger partial charge < -0.3 is 10.1 Å². The molecule has 3 aromatic rings. The summed E-state index contributed by atoms with van der Waals surface area (Å²) < 4.78 is 9.08. The number of hydrogen-bond donors (Lipinski definition) is 1. The Morgan fingerprint density at radius 1 is 1.28 bits per heavy atom. The van der Waals surface area contributed by atoms with Crippen molar-refractivity contribution in [3.63, 3.8) is 0 Å². The van der Waals surface area contributed by atoms with Crippen LogP contribution >= 0.6 is 31.9 Å². The van der Waals surface area contributed by atoms with E-state index in [1.807, 2.05) is 36.7 Å². The van der Waals surface area contributed by atoms with Crippen molar-refractivity contribution in [2.45, 2.75) is 19.9 Å². The van der Waals surface area contributed by atoms with Crippen LogP contribution in [0.2, 0.25) is 0 Å². The van der Waals surface area contributed by atoms with Crippen LogP contribution < -0.4 is 10.1 Å². The van der Waals surface area contributed by atoms with E-state index >= 15 is 0 Å². The van der Waals surface area contributed by atoms with E-state index in [9.17, 15) is 4.79 Å². The van der Waals surface area contributed by atoms with Crippen LogP contribution in [0.15, 0.2) is 45.6 Å². The van der Waals surface area contributed by atoms with Gasteiger partial charge in [-0.1, -0.05) is 15.9 Å². The van der Waals surface area contributed by atoms with Crippen LogP contribution in [-0.2, 0) is 4.79 Å². The van der Waals surface area contributed by atoms with E-state index in [1.54, 1.807) is 18.5 Å². The number of halogens is 2. The zero-order valence-corrected chi connectivity index (χ0v) is 16.8. The number of carbonyl (C=O) groups excluding carboxylic acids is 1. The number of benzene rings is 1. The van der Waals surface area contributed by atoms with Crippen LogP contribution in [-0.4, -0.2) is 27.3 Å². The van der Waals surface area contributed by atoms with E-state index < -0.39 is 0 Å². The number of anilines is 1. The first-order valence-electron chi connectivity index (χ1n) is 7.65. The zero-order chi connectivity index (χ0) is 18.0. The van der Waals surface area contributed by atoms with Gasteiger partial charge in [-0.05, 0) is 54.0 Å². The van der Waals surface area contributed by atoms with Crippen LogP contribution in [0.25, 0.3) is 11.0 Å². The van der Waals surface area contributed by atoms with Crippen molar-refractivity contribution in [2.75, 3.05) is 11.9 Å². The number of pyridine rings is 1. The predicted molar refractivity (Wildman–Crippen MR) is 104 cm³/mol. The maximum Gasteiger partial charge on any atom is 0.262 e. The molecule has 130 valence electrons. The second-order valence-corrected chi connectivity index (χ2v) is 7.50. The van der Waals surface area contributed by atoms with Crippen molar-refractivity contribution in [1.82, 2.24) is 14.8 Å². The van der Waals surface area contributed by atoms with Gasteiger partial charge in [0, 0.05) is 15.9 Å². The molecule has 0 radical (unpaired) electrons. The van der Waals surface area contributed by atoms with E-state index in [1.165, 1.54) is 0 Å². The number of amides is 1. The first-order valence-corrected chi connectivity index (χ1v) is 9.23. The normalized spacial score (nSPS) is 11.1. The lowest BCUT2D eigenvalue weighted by atomic mass is 10.3. The maximum atomic E-state index is 12.1. The van der Waals surface area contributed by atoms with Crippen LogP contribution in [0.1, 0.15) is 19.9 Å². The summed E-state index contributed by atoms with van der Waals surface area (Å²) in [6, 6.07) is 7.57. The van der Waals surface area contributed by atoms with Gasteiger partial charge in [0.15, 0.2) is 12.3 Å². The smallest absolute Gasteiger partial charge is 0.262 e. The molecule has 1 amide bonds. The summed E-state index contributed by atoms with van der Waals surface area (Å²) in [4.78, 5) is 16.5. The van der Waals surface area contributed by atoms with Gasteiger partial charge in [-0.25, -0.2) is 9.67 Å². The molecule has 2 aromatic heterocycles. The highest BCUT2D eigenvalue weighted by atomic mass is 79.9. The van der Waals surface area contributed by atoms with Gasteiger partial charge in [0.1, 0.15) is 5.75 Å². The molecule has 0 aliphatic carbocycles. The molecule has 0 saturated carbocycles. The van der Waals surface area contributed by atoms with Crippen LogP contribution in [0.4, 0.5) is 5.69 Å². The average Bonchev–Trinajstić information content (AvgIpc) is 2.97.